The third-order valence-electron chi connectivity index (χ3n) is 5.50. The van der Waals surface area contributed by atoms with E-state index in [1.54, 1.807) is 6.92 Å². The zero-order valence-electron chi connectivity index (χ0n) is 15.3. The van der Waals surface area contributed by atoms with Gasteiger partial charge in [-0.25, -0.2) is 0 Å². The number of Topliss-reactive ketones (excluding diaryl/α,β-unsaturated/α-hetero) is 1. The highest BCUT2D eigenvalue weighted by atomic mass is 16.4. The van der Waals surface area contributed by atoms with Crippen LogP contribution in [0.4, 0.5) is 5.69 Å². The lowest BCUT2D eigenvalue weighted by atomic mass is 9.94. The van der Waals surface area contributed by atoms with Gasteiger partial charge >= 0.3 is 0 Å². The van der Waals surface area contributed by atoms with E-state index < -0.39 is 0 Å². The Kier molecular flexibility index (Phi) is 4.31. The van der Waals surface area contributed by atoms with E-state index >= 15 is 0 Å². The maximum atomic E-state index is 12.6. The topological polar surface area (TPSA) is 62.6 Å². The average molecular weight is 352 g/mol. The van der Waals surface area contributed by atoms with Crippen LogP contribution in [0.25, 0.3) is 0 Å². The Morgan fingerprint density at radius 1 is 1.31 bits per heavy atom. The summed E-state index contributed by atoms with van der Waals surface area (Å²) in [6, 6.07) is 8.85. The summed E-state index contributed by atoms with van der Waals surface area (Å²) in [6.45, 7) is 5.30. The van der Waals surface area contributed by atoms with Crippen molar-refractivity contribution in [1.29, 1.82) is 0 Å². The van der Waals surface area contributed by atoms with E-state index in [0.29, 0.717) is 41.7 Å². The number of aryl methyl sites for hydroxylation is 1. The molecule has 2 aromatic rings. The number of benzene rings is 1. The standard InChI is InChI=1S/C21H24N2O3/c1-13-12-15-6-3-4-7-16(15)23(13)11-10-22-21(25)20-14(2)19-17(24)8-5-9-18(19)26-20/h3-4,6-7,13H,5,8-12H2,1-2H3,(H,22,25). The van der Waals surface area contributed by atoms with Gasteiger partial charge in [-0.05, 0) is 38.3 Å². The number of hydrogen-bond donors (Lipinski definition) is 1. The van der Waals surface area contributed by atoms with Crippen molar-refractivity contribution in [3.05, 3.63) is 52.5 Å². The normalized spacial score (nSPS) is 18.6. The molecule has 0 saturated carbocycles. The molecule has 1 aliphatic heterocycles. The molecular formula is C21H24N2O3. The van der Waals surface area contributed by atoms with Crippen molar-refractivity contribution in [1.82, 2.24) is 5.32 Å². The largest absolute Gasteiger partial charge is 0.455 e. The Morgan fingerprint density at radius 3 is 2.92 bits per heavy atom. The molecule has 0 spiro atoms. The van der Waals surface area contributed by atoms with Crippen molar-refractivity contribution in [2.24, 2.45) is 0 Å². The lowest BCUT2D eigenvalue weighted by Crippen LogP contribution is -2.37. The third kappa shape index (κ3) is 2.81. The Morgan fingerprint density at radius 2 is 2.12 bits per heavy atom. The van der Waals surface area contributed by atoms with Crippen molar-refractivity contribution < 1.29 is 14.0 Å². The molecule has 26 heavy (non-hydrogen) atoms. The first-order chi connectivity index (χ1) is 12.6. The lowest BCUT2D eigenvalue weighted by molar-refractivity contribution is 0.0920. The molecule has 136 valence electrons. The number of rotatable bonds is 4. The highest BCUT2D eigenvalue weighted by Gasteiger charge is 2.29. The average Bonchev–Trinajstić information content (AvgIpc) is 3.13. The molecule has 0 radical (unpaired) electrons. The molecule has 1 atom stereocenters. The number of carbonyl (C=O) groups excluding carboxylic acids is 2. The molecule has 5 nitrogen and oxygen atoms in total. The quantitative estimate of drug-likeness (QED) is 0.917. The number of ketones is 1. The smallest absolute Gasteiger partial charge is 0.287 e. The van der Waals surface area contributed by atoms with Crippen LogP contribution < -0.4 is 10.2 Å². The summed E-state index contributed by atoms with van der Waals surface area (Å²) in [5.74, 6) is 0.824. The summed E-state index contributed by atoms with van der Waals surface area (Å²) in [6.07, 6.45) is 3.11. The fraction of sp³-hybridized carbons (Fsp3) is 0.429. The van der Waals surface area contributed by atoms with E-state index in [0.717, 1.165) is 25.8 Å². The first-order valence-corrected chi connectivity index (χ1v) is 9.34. The highest BCUT2D eigenvalue weighted by Crippen LogP contribution is 2.31. The van der Waals surface area contributed by atoms with Gasteiger partial charge in [0.15, 0.2) is 11.5 Å². The van der Waals surface area contributed by atoms with Crippen LogP contribution in [0.15, 0.2) is 28.7 Å². The van der Waals surface area contributed by atoms with Gasteiger partial charge in [-0.15, -0.1) is 0 Å². The van der Waals surface area contributed by atoms with E-state index in [4.69, 9.17) is 4.42 Å². The van der Waals surface area contributed by atoms with Crippen LogP contribution in [0.3, 0.4) is 0 Å². The Bertz CT molecular complexity index is 868. The summed E-state index contributed by atoms with van der Waals surface area (Å²) in [4.78, 5) is 27.0. The number of nitrogens with one attached hydrogen (secondary N) is 1. The summed E-state index contributed by atoms with van der Waals surface area (Å²) >= 11 is 0. The lowest BCUT2D eigenvalue weighted by Gasteiger charge is -2.24. The van der Waals surface area contributed by atoms with E-state index in [-0.39, 0.29) is 11.7 Å². The number of carbonyl (C=O) groups is 2. The molecule has 1 aromatic carbocycles. The second kappa shape index (κ2) is 6.63. The molecule has 2 heterocycles. The van der Waals surface area contributed by atoms with Gasteiger partial charge in [-0.1, -0.05) is 18.2 Å². The molecule has 0 bridgehead atoms. The molecule has 1 unspecified atom stereocenters. The van der Waals surface area contributed by atoms with Crippen LogP contribution in [0, 0.1) is 6.92 Å². The van der Waals surface area contributed by atoms with Gasteiger partial charge < -0.3 is 14.6 Å². The highest BCUT2D eigenvalue weighted by molar-refractivity contribution is 6.03. The molecule has 1 aromatic heterocycles. The van der Waals surface area contributed by atoms with E-state index in [2.05, 4.69) is 41.4 Å². The first-order valence-electron chi connectivity index (χ1n) is 9.34. The Balaban J connectivity index is 1.42. The predicted molar refractivity (Wildman–Crippen MR) is 100 cm³/mol. The molecule has 0 saturated heterocycles. The van der Waals surface area contributed by atoms with Gasteiger partial charge in [-0.2, -0.15) is 0 Å². The minimum absolute atomic E-state index is 0.0917. The zero-order valence-corrected chi connectivity index (χ0v) is 15.3. The van der Waals surface area contributed by atoms with Crippen molar-refractivity contribution in [2.75, 3.05) is 18.0 Å². The third-order valence-corrected chi connectivity index (χ3v) is 5.50. The molecule has 1 N–H and O–H groups in total. The van der Waals surface area contributed by atoms with E-state index in [1.165, 1.54) is 11.3 Å². The number of amides is 1. The van der Waals surface area contributed by atoms with Crippen LogP contribution in [0.5, 0.6) is 0 Å². The molecule has 4 rings (SSSR count). The van der Waals surface area contributed by atoms with Crippen LogP contribution >= 0.6 is 0 Å². The van der Waals surface area contributed by atoms with Crippen molar-refractivity contribution in [3.8, 4) is 0 Å². The summed E-state index contributed by atoms with van der Waals surface area (Å²) in [7, 11) is 0. The second-order valence-electron chi connectivity index (χ2n) is 7.26. The number of hydrogen-bond acceptors (Lipinski definition) is 4. The Hall–Kier alpha value is -2.56. The molecule has 2 aliphatic rings. The predicted octanol–water partition coefficient (Wildman–Crippen LogP) is 3.29. The van der Waals surface area contributed by atoms with Crippen LogP contribution in [-0.4, -0.2) is 30.8 Å². The number of anilines is 1. The van der Waals surface area contributed by atoms with E-state index in [9.17, 15) is 9.59 Å². The molecule has 1 aliphatic carbocycles. The van der Waals surface area contributed by atoms with Gasteiger partial charge in [-0.3, -0.25) is 9.59 Å². The summed E-state index contributed by atoms with van der Waals surface area (Å²) in [5.41, 5.74) is 3.93. The minimum atomic E-state index is -0.232. The second-order valence-corrected chi connectivity index (χ2v) is 7.26. The number of furan rings is 1. The molecule has 1 amide bonds. The first kappa shape index (κ1) is 16.9. The molecular weight excluding hydrogens is 328 g/mol. The molecule has 0 fully saturated rings. The minimum Gasteiger partial charge on any atom is -0.455 e. The van der Waals surface area contributed by atoms with Crippen molar-refractivity contribution in [3.63, 3.8) is 0 Å². The van der Waals surface area contributed by atoms with Crippen LogP contribution in [0.2, 0.25) is 0 Å². The van der Waals surface area contributed by atoms with Crippen LogP contribution in [0.1, 0.15) is 57.6 Å². The van der Waals surface area contributed by atoms with Gasteiger partial charge in [0.25, 0.3) is 5.91 Å². The summed E-state index contributed by atoms with van der Waals surface area (Å²) in [5, 5.41) is 2.96. The van der Waals surface area contributed by atoms with Gasteiger partial charge in [0.2, 0.25) is 0 Å². The van der Waals surface area contributed by atoms with Crippen LogP contribution in [-0.2, 0) is 12.8 Å². The summed E-state index contributed by atoms with van der Waals surface area (Å²) < 4.78 is 5.72. The van der Waals surface area contributed by atoms with Gasteiger partial charge in [0.05, 0.1) is 5.56 Å². The fourth-order valence-electron chi connectivity index (χ4n) is 4.21. The van der Waals surface area contributed by atoms with Gasteiger partial charge in [0.1, 0.15) is 5.76 Å². The van der Waals surface area contributed by atoms with E-state index in [1.807, 2.05) is 0 Å². The number of para-hydroxylation sites is 1. The Labute approximate surface area is 153 Å². The SMILES string of the molecule is Cc1c(C(=O)NCCN2c3ccccc3CC2C)oc2c1C(=O)CCC2. The maximum absolute atomic E-state index is 12.6. The number of nitrogens with zero attached hydrogens (tertiary/aromatic N) is 1. The fourth-order valence-corrected chi connectivity index (χ4v) is 4.21. The van der Waals surface area contributed by atoms with Crippen molar-refractivity contribution >= 4 is 17.4 Å². The van der Waals surface area contributed by atoms with Gasteiger partial charge in [0, 0.05) is 43.2 Å². The monoisotopic (exact) mass is 352 g/mol. The number of fused-ring (bicyclic) bond motifs is 2. The zero-order chi connectivity index (χ0) is 18.3. The molecule has 5 heteroatoms. The maximum Gasteiger partial charge on any atom is 0.287 e. The van der Waals surface area contributed by atoms with Crippen molar-refractivity contribution in [2.45, 2.75) is 45.6 Å².